The van der Waals surface area contributed by atoms with Crippen molar-refractivity contribution < 1.29 is 4.79 Å². The maximum Gasteiger partial charge on any atom is 0.236 e. The van der Waals surface area contributed by atoms with Crippen LogP contribution in [0.5, 0.6) is 0 Å². The summed E-state index contributed by atoms with van der Waals surface area (Å²) < 4.78 is 0. The molecule has 0 aromatic heterocycles. The summed E-state index contributed by atoms with van der Waals surface area (Å²) in [7, 11) is 1.44. The fraction of sp³-hybridized carbons (Fsp3) is 0.333. The second-order valence-electron chi connectivity index (χ2n) is 1.00. The Morgan fingerprint density at radius 3 is 2.17 bits per heavy atom. The maximum atomic E-state index is 9.83. The van der Waals surface area contributed by atoms with Crippen LogP contribution in [-0.4, -0.2) is 18.0 Å². The van der Waals surface area contributed by atoms with Crippen LogP contribution in [0.25, 0.3) is 0 Å². The minimum absolute atomic E-state index is 0.380. The molecule has 1 amide bonds. The first-order valence-corrected chi connectivity index (χ1v) is 1.49. The quantitative estimate of drug-likeness (QED) is 0.238. The fourth-order valence-electron chi connectivity index (χ4n) is 0. The van der Waals surface area contributed by atoms with Gasteiger partial charge in [-0.2, -0.15) is 0 Å². The third-order valence-electron chi connectivity index (χ3n) is 0.393. The van der Waals surface area contributed by atoms with E-state index >= 15 is 0 Å². The Kier molecular flexibility index (Phi) is 1.60. The van der Waals surface area contributed by atoms with Gasteiger partial charge in [0.25, 0.3) is 0 Å². The lowest BCUT2D eigenvalue weighted by Crippen LogP contribution is -2.30. The molecule has 0 aromatic carbocycles. The molecule has 6 heavy (non-hydrogen) atoms. The first kappa shape index (κ1) is 5.43. The van der Waals surface area contributed by atoms with Gasteiger partial charge in [-0.05, 0) is 0 Å². The molecule has 0 rings (SSSR count). The molecular weight excluding hydrogens is 80.0 g/mol. The number of amides is 1. The van der Waals surface area contributed by atoms with Gasteiger partial charge < -0.3 is 0 Å². The first-order valence-electron chi connectivity index (χ1n) is 1.49. The molecule has 0 saturated carbocycles. The maximum absolute atomic E-state index is 9.83. The van der Waals surface area contributed by atoms with Crippen molar-refractivity contribution >= 4 is 5.91 Å². The zero-order chi connectivity index (χ0) is 5.15. The summed E-state index contributed by atoms with van der Waals surface area (Å²) in [6.07, 6.45) is 0. The van der Waals surface area contributed by atoms with Crippen LogP contribution in [0.3, 0.4) is 0 Å². The average molecular weight is 87.1 g/mol. The molecule has 0 saturated heterocycles. The molecule has 2 N–H and O–H groups in total. The normalized spacial score (nSPS) is 7.83. The number of hydrazine groups is 1. The van der Waals surface area contributed by atoms with Crippen LogP contribution < -0.4 is 5.84 Å². The van der Waals surface area contributed by atoms with Crippen molar-refractivity contribution in [2.24, 2.45) is 5.84 Å². The molecular formula is C3H7N2O. The monoisotopic (exact) mass is 87.1 g/mol. The van der Waals surface area contributed by atoms with Gasteiger partial charge in [0, 0.05) is 14.0 Å². The van der Waals surface area contributed by atoms with E-state index in [2.05, 4.69) is 6.92 Å². The lowest BCUT2D eigenvalue weighted by Gasteiger charge is -2.01. The standard InChI is InChI=1S/C3H7N2O/c1-3(6)5(2)4/h1,4H2,2H3. The number of hydrogen-bond donors (Lipinski definition) is 1. The second-order valence-corrected chi connectivity index (χ2v) is 1.00. The summed E-state index contributed by atoms with van der Waals surface area (Å²) in [5.41, 5.74) is 0. The van der Waals surface area contributed by atoms with Crippen LogP contribution >= 0.6 is 0 Å². The van der Waals surface area contributed by atoms with E-state index in [4.69, 9.17) is 5.84 Å². The fourth-order valence-corrected chi connectivity index (χ4v) is 0. The third-order valence-corrected chi connectivity index (χ3v) is 0.393. The van der Waals surface area contributed by atoms with Gasteiger partial charge in [0.2, 0.25) is 5.91 Å². The van der Waals surface area contributed by atoms with Crippen molar-refractivity contribution in [1.82, 2.24) is 5.01 Å². The summed E-state index contributed by atoms with van der Waals surface area (Å²) in [5.74, 6) is 4.48. The zero-order valence-electron chi connectivity index (χ0n) is 3.64. The van der Waals surface area contributed by atoms with Crippen molar-refractivity contribution in [3.8, 4) is 0 Å². The van der Waals surface area contributed by atoms with E-state index in [1.165, 1.54) is 7.05 Å². The van der Waals surface area contributed by atoms with Crippen molar-refractivity contribution in [3.63, 3.8) is 0 Å². The number of nitrogens with two attached hydrogens (primary N) is 1. The summed E-state index contributed by atoms with van der Waals surface area (Å²) in [5, 5.41) is 0.917. The van der Waals surface area contributed by atoms with Gasteiger partial charge in [-0.3, -0.25) is 9.80 Å². The lowest BCUT2D eigenvalue weighted by atomic mass is 10.7. The number of nitrogens with zero attached hydrogens (tertiary/aromatic N) is 1. The van der Waals surface area contributed by atoms with E-state index in [-0.39, 0.29) is 5.91 Å². The SMILES string of the molecule is [CH2]C(=O)N(C)N. The molecule has 0 aliphatic rings. The number of rotatable bonds is 0. The third kappa shape index (κ3) is 1.72. The van der Waals surface area contributed by atoms with E-state index in [0.717, 1.165) is 5.01 Å². The highest BCUT2D eigenvalue weighted by Gasteiger charge is 1.88. The molecule has 0 aromatic rings. The smallest absolute Gasteiger partial charge is 0.236 e. The van der Waals surface area contributed by atoms with Crippen molar-refractivity contribution in [2.75, 3.05) is 7.05 Å². The minimum atomic E-state index is -0.380. The number of hydrogen-bond acceptors (Lipinski definition) is 2. The highest BCUT2D eigenvalue weighted by Crippen LogP contribution is 1.63. The molecule has 3 heteroatoms. The van der Waals surface area contributed by atoms with Crippen LogP contribution in [-0.2, 0) is 4.79 Å². The van der Waals surface area contributed by atoms with Gasteiger partial charge in [0.05, 0.1) is 0 Å². The van der Waals surface area contributed by atoms with Gasteiger partial charge in [-0.1, -0.05) is 0 Å². The molecule has 35 valence electrons. The molecule has 0 bridgehead atoms. The highest BCUT2D eigenvalue weighted by atomic mass is 16.2. The number of carbonyl (C=O) groups excluding carboxylic acids is 1. The van der Waals surface area contributed by atoms with Gasteiger partial charge >= 0.3 is 0 Å². The predicted octanol–water partition coefficient (Wildman–Crippen LogP) is -0.847. The van der Waals surface area contributed by atoms with Crippen LogP contribution in [0.2, 0.25) is 0 Å². The lowest BCUT2D eigenvalue weighted by molar-refractivity contribution is -0.125. The largest absolute Gasteiger partial charge is 0.284 e. The zero-order valence-corrected chi connectivity index (χ0v) is 3.64. The molecule has 0 heterocycles. The van der Waals surface area contributed by atoms with Gasteiger partial charge in [-0.15, -0.1) is 0 Å². The summed E-state index contributed by atoms with van der Waals surface area (Å²) in [6, 6.07) is 0. The van der Waals surface area contributed by atoms with E-state index in [1.807, 2.05) is 0 Å². The van der Waals surface area contributed by atoms with E-state index in [0.29, 0.717) is 0 Å². The Morgan fingerprint density at radius 1 is 2.00 bits per heavy atom. The van der Waals surface area contributed by atoms with E-state index in [9.17, 15) is 4.79 Å². The van der Waals surface area contributed by atoms with Gasteiger partial charge in [0.1, 0.15) is 0 Å². The Bertz CT molecular complexity index is 59.8. The Labute approximate surface area is 36.7 Å². The molecule has 0 fully saturated rings. The molecule has 0 aliphatic heterocycles. The summed E-state index contributed by atoms with van der Waals surface area (Å²) >= 11 is 0. The van der Waals surface area contributed by atoms with Gasteiger partial charge in [-0.25, -0.2) is 5.84 Å². The Hall–Kier alpha value is -0.570. The van der Waals surface area contributed by atoms with E-state index < -0.39 is 0 Å². The predicted molar refractivity (Wildman–Crippen MR) is 22.3 cm³/mol. The van der Waals surface area contributed by atoms with E-state index in [1.54, 1.807) is 0 Å². The molecule has 0 aliphatic carbocycles. The average Bonchev–Trinajstić information content (AvgIpc) is 1.36. The minimum Gasteiger partial charge on any atom is -0.284 e. The van der Waals surface area contributed by atoms with Crippen LogP contribution in [0, 0.1) is 6.92 Å². The van der Waals surface area contributed by atoms with Crippen LogP contribution in [0.15, 0.2) is 0 Å². The summed E-state index contributed by atoms with van der Waals surface area (Å²) in [4.78, 5) is 9.83. The van der Waals surface area contributed by atoms with Crippen molar-refractivity contribution in [1.29, 1.82) is 0 Å². The van der Waals surface area contributed by atoms with Crippen molar-refractivity contribution in [3.05, 3.63) is 6.92 Å². The molecule has 0 unspecified atom stereocenters. The molecule has 0 spiro atoms. The Morgan fingerprint density at radius 2 is 2.17 bits per heavy atom. The van der Waals surface area contributed by atoms with Crippen molar-refractivity contribution in [2.45, 2.75) is 0 Å². The van der Waals surface area contributed by atoms with Gasteiger partial charge in [0.15, 0.2) is 0 Å². The highest BCUT2D eigenvalue weighted by molar-refractivity contribution is 5.79. The molecule has 1 radical (unpaired) electrons. The molecule has 0 atom stereocenters. The summed E-state index contributed by atoms with van der Waals surface area (Å²) in [6.45, 7) is 3.00. The first-order chi connectivity index (χ1) is 2.64. The van der Waals surface area contributed by atoms with Crippen LogP contribution in [0.4, 0.5) is 0 Å². The number of carbonyl (C=O) groups is 1. The molecule has 3 nitrogen and oxygen atoms in total. The van der Waals surface area contributed by atoms with Crippen LogP contribution in [0.1, 0.15) is 0 Å². The Balaban J connectivity index is 3.26. The topological polar surface area (TPSA) is 46.3 Å². The second kappa shape index (κ2) is 1.77.